The van der Waals surface area contributed by atoms with Crippen molar-refractivity contribution in [2.75, 3.05) is 47.1 Å². The Labute approximate surface area is 169 Å². The molecule has 2 aromatic rings. The van der Waals surface area contributed by atoms with Gasteiger partial charge >= 0.3 is 0 Å². The fourth-order valence-electron chi connectivity index (χ4n) is 3.21. The van der Waals surface area contributed by atoms with E-state index in [4.69, 9.17) is 30.5 Å². The van der Waals surface area contributed by atoms with Gasteiger partial charge in [0.05, 0.1) is 32.5 Å². The van der Waals surface area contributed by atoms with E-state index in [1.165, 1.54) is 12.1 Å². The molecule has 28 heavy (non-hydrogen) atoms. The van der Waals surface area contributed by atoms with Crippen LogP contribution in [0.1, 0.15) is 18.1 Å². The van der Waals surface area contributed by atoms with E-state index in [1.54, 1.807) is 20.3 Å². The fraction of sp³-hybridized carbons (Fsp3) is 0.429. The van der Waals surface area contributed by atoms with E-state index in [2.05, 4.69) is 4.90 Å². The van der Waals surface area contributed by atoms with Crippen LogP contribution in [-0.2, 0) is 4.74 Å². The summed E-state index contributed by atoms with van der Waals surface area (Å²) >= 11 is 5.93. The van der Waals surface area contributed by atoms with Crippen molar-refractivity contribution >= 4 is 11.6 Å². The number of methoxy groups -OCH3 is 2. The molecule has 2 aromatic carbocycles. The van der Waals surface area contributed by atoms with E-state index in [9.17, 15) is 4.39 Å². The molecule has 7 heteroatoms. The summed E-state index contributed by atoms with van der Waals surface area (Å²) in [6.07, 6.45) is 0.410. The number of halogens is 2. The molecule has 5 nitrogen and oxygen atoms in total. The SMILES string of the molecule is COc1ccc(OC)c(C(CCN2CCOCC2)Oc2ccc(F)c(Cl)c2)c1. The predicted molar refractivity (Wildman–Crippen MR) is 106 cm³/mol. The molecule has 1 heterocycles. The minimum Gasteiger partial charge on any atom is -0.497 e. The lowest BCUT2D eigenvalue weighted by Gasteiger charge is -2.29. The van der Waals surface area contributed by atoms with E-state index in [0.29, 0.717) is 17.2 Å². The quantitative estimate of drug-likeness (QED) is 0.648. The first kappa shape index (κ1) is 20.7. The normalized spacial score (nSPS) is 15.9. The van der Waals surface area contributed by atoms with Gasteiger partial charge in [-0.25, -0.2) is 4.39 Å². The molecule has 0 radical (unpaired) electrons. The first-order valence-electron chi connectivity index (χ1n) is 9.24. The Hall–Kier alpha value is -2.02. The summed E-state index contributed by atoms with van der Waals surface area (Å²) in [5, 5.41) is 0.0297. The van der Waals surface area contributed by atoms with Crippen molar-refractivity contribution in [3.63, 3.8) is 0 Å². The van der Waals surface area contributed by atoms with Crippen molar-refractivity contribution < 1.29 is 23.3 Å². The van der Waals surface area contributed by atoms with Crippen molar-refractivity contribution in [3.8, 4) is 17.2 Å². The zero-order valence-corrected chi connectivity index (χ0v) is 16.9. The zero-order chi connectivity index (χ0) is 19.9. The lowest BCUT2D eigenvalue weighted by atomic mass is 10.0. The van der Waals surface area contributed by atoms with Gasteiger partial charge in [-0.05, 0) is 30.3 Å². The molecule has 1 saturated heterocycles. The van der Waals surface area contributed by atoms with Gasteiger partial charge in [0, 0.05) is 37.7 Å². The number of benzene rings is 2. The molecule has 1 fully saturated rings. The number of hydrogen-bond acceptors (Lipinski definition) is 5. The second kappa shape index (κ2) is 9.96. The second-order valence-electron chi connectivity index (χ2n) is 6.53. The van der Waals surface area contributed by atoms with Gasteiger partial charge in [0.2, 0.25) is 0 Å². The fourth-order valence-corrected chi connectivity index (χ4v) is 3.38. The average molecular weight is 410 g/mol. The molecular weight excluding hydrogens is 385 g/mol. The third-order valence-corrected chi connectivity index (χ3v) is 5.05. The predicted octanol–water partition coefficient (Wildman–Crippen LogP) is 4.34. The van der Waals surface area contributed by atoms with E-state index in [-0.39, 0.29) is 11.1 Å². The van der Waals surface area contributed by atoms with Gasteiger partial charge in [0.25, 0.3) is 0 Å². The molecule has 1 aliphatic heterocycles. The third kappa shape index (κ3) is 5.28. The maximum absolute atomic E-state index is 13.5. The highest BCUT2D eigenvalue weighted by atomic mass is 35.5. The summed E-state index contributed by atoms with van der Waals surface area (Å²) in [5.41, 5.74) is 0.871. The van der Waals surface area contributed by atoms with Crippen molar-refractivity contribution in [2.45, 2.75) is 12.5 Å². The first-order chi connectivity index (χ1) is 13.6. The van der Waals surface area contributed by atoms with Gasteiger partial charge in [0.15, 0.2) is 0 Å². The minimum atomic E-state index is -0.474. The Morgan fingerprint density at radius 1 is 1.07 bits per heavy atom. The molecule has 0 aliphatic carbocycles. The van der Waals surface area contributed by atoms with E-state index in [0.717, 1.165) is 44.8 Å². The summed E-state index contributed by atoms with van der Waals surface area (Å²) < 4.78 is 36.1. The molecule has 152 valence electrons. The van der Waals surface area contributed by atoms with Gasteiger partial charge in [0.1, 0.15) is 29.2 Å². The molecule has 3 rings (SSSR count). The summed E-state index contributed by atoms with van der Waals surface area (Å²) in [4.78, 5) is 2.34. The number of rotatable bonds is 8. The molecular formula is C21H25ClFNO4. The lowest BCUT2D eigenvalue weighted by Crippen LogP contribution is -2.37. The van der Waals surface area contributed by atoms with Crippen LogP contribution in [0.4, 0.5) is 4.39 Å². The van der Waals surface area contributed by atoms with Gasteiger partial charge in [-0.2, -0.15) is 0 Å². The first-order valence-corrected chi connectivity index (χ1v) is 9.62. The molecule has 0 N–H and O–H groups in total. The Morgan fingerprint density at radius 2 is 1.82 bits per heavy atom. The van der Waals surface area contributed by atoms with Gasteiger partial charge in [-0.15, -0.1) is 0 Å². The summed E-state index contributed by atoms with van der Waals surface area (Å²) in [6, 6.07) is 9.99. The van der Waals surface area contributed by atoms with Crippen LogP contribution in [0.3, 0.4) is 0 Å². The van der Waals surface area contributed by atoms with Crippen LogP contribution in [0, 0.1) is 5.82 Å². The molecule has 1 atom stereocenters. The Morgan fingerprint density at radius 3 is 2.50 bits per heavy atom. The summed E-state index contributed by atoms with van der Waals surface area (Å²) in [5.74, 6) is 1.45. The van der Waals surface area contributed by atoms with E-state index < -0.39 is 5.82 Å². The van der Waals surface area contributed by atoms with Gasteiger partial charge in [-0.1, -0.05) is 11.6 Å². The topological polar surface area (TPSA) is 40.2 Å². The van der Waals surface area contributed by atoms with Crippen LogP contribution in [0.15, 0.2) is 36.4 Å². The molecule has 0 bridgehead atoms. The maximum Gasteiger partial charge on any atom is 0.142 e. The highest BCUT2D eigenvalue weighted by molar-refractivity contribution is 6.30. The molecule has 0 saturated carbocycles. The van der Waals surface area contributed by atoms with Crippen LogP contribution < -0.4 is 14.2 Å². The van der Waals surface area contributed by atoms with Crippen LogP contribution in [0.25, 0.3) is 0 Å². The standard InChI is InChI=1S/C21H25ClFNO4/c1-25-15-4-6-20(26-2)17(13-15)21(7-8-24-9-11-27-12-10-24)28-16-3-5-19(23)18(22)14-16/h3-6,13-14,21H,7-12H2,1-2H3. The van der Waals surface area contributed by atoms with Crippen molar-refractivity contribution in [3.05, 3.63) is 52.8 Å². The van der Waals surface area contributed by atoms with Crippen molar-refractivity contribution in [1.82, 2.24) is 4.90 Å². The third-order valence-electron chi connectivity index (χ3n) is 4.76. The molecule has 1 unspecified atom stereocenters. The van der Waals surface area contributed by atoms with E-state index >= 15 is 0 Å². The summed E-state index contributed by atoms with van der Waals surface area (Å²) in [6.45, 7) is 4.10. The van der Waals surface area contributed by atoms with Crippen LogP contribution >= 0.6 is 11.6 Å². The monoisotopic (exact) mass is 409 g/mol. The van der Waals surface area contributed by atoms with Crippen LogP contribution in [0.2, 0.25) is 5.02 Å². The van der Waals surface area contributed by atoms with Crippen LogP contribution in [-0.4, -0.2) is 52.0 Å². The maximum atomic E-state index is 13.5. The van der Waals surface area contributed by atoms with Crippen molar-refractivity contribution in [2.24, 2.45) is 0 Å². The van der Waals surface area contributed by atoms with E-state index in [1.807, 2.05) is 18.2 Å². The molecule has 0 amide bonds. The highest BCUT2D eigenvalue weighted by Gasteiger charge is 2.22. The number of morpholine rings is 1. The number of ether oxygens (including phenoxy) is 4. The Balaban J connectivity index is 1.85. The highest BCUT2D eigenvalue weighted by Crippen LogP contribution is 2.35. The smallest absolute Gasteiger partial charge is 0.142 e. The molecule has 0 spiro atoms. The van der Waals surface area contributed by atoms with Crippen LogP contribution in [0.5, 0.6) is 17.2 Å². The minimum absolute atomic E-state index is 0.0297. The second-order valence-corrected chi connectivity index (χ2v) is 6.94. The molecule has 1 aliphatic rings. The largest absolute Gasteiger partial charge is 0.497 e. The number of nitrogens with zero attached hydrogens (tertiary/aromatic N) is 1. The molecule has 0 aromatic heterocycles. The summed E-state index contributed by atoms with van der Waals surface area (Å²) in [7, 11) is 3.24. The lowest BCUT2D eigenvalue weighted by molar-refractivity contribution is 0.0316. The average Bonchev–Trinajstić information content (AvgIpc) is 2.74. The van der Waals surface area contributed by atoms with Gasteiger partial charge < -0.3 is 18.9 Å². The number of hydrogen-bond donors (Lipinski definition) is 0. The van der Waals surface area contributed by atoms with Gasteiger partial charge in [-0.3, -0.25) is 4.90 Å². The Bertz CT molecular complexity index is 783. The van der Waals surface area contributed by atoms with Crippen molar-refractivity contribution in [1.29, 1.82) is 0 Å². The Kier molecular flexibility index (Phi) is 7.36. The zero-order valence-electron chi connectivity index (χ0n) is 16.1.